The van der Waals surface area contributed by atoms with Crippen molar-refractivity contribution in [3.63, 3.8) is 0 Å². The van der Waals surface area contributed by atoms with Crippen LogP contribution < -0.4 is 15.4 Å². The Kier molecular flexibility index (Phi) is 5.49. The fraction of sp³-hybridized carbons (Fsp3) is 0.0455. The molecule has 4 aromatic rings. The molecule has 0 aliphatic rings. The molecule has 2 heterocycles. The van der Waals surface area contributed by atoms with Crippen LogP contribution in [0.3, 0.4) is 0 Å². The molecule has 0 saturated heterocycles. The van der Waals surface area contributed by atoms with Crippen molar-refractivity contribution in [3.8, 4) is 17.0 Å². The van der Waals surface area contributed by atoms with Gasteiger partial charge in [-0.15, -0.1) is 11.3 Å². The second-order valence-corrected chi connectivity index (χ2v) is 7.02. The minimum Gasteiger partial charge on any atom is -0.497 e. The van der Waals surface area contributed by atoms with Gasteiger partial charge in [-0.05, 0) is 60.7 Å². The number of benzene rings is 2. The lowest BCUT2D eigenvalue weighted by Crippen LogP contribution is -2.11. The standard InChI is InChI=1S/C22H18N4O2S/c1-28-19-8-2-16(3-9-19)21(27)24-17-4-6-18(7-5-17)25-22-26-20(14-29-22)15-10-12-23-13-11-15/h2-14H,1H3,(H,24,27)(H,25,26). The summed E-state index contributed by atoms with van der Waals surface area (Å²) in [6.45, 7) is 0. The van der Waals surface area contributed by atoms with Gasteiger partial charge in [-0.25, -0.2) is 4.98 Å². The first-order chi connectivity index (χ1) is 14.2. The highest BCUT2D eigenvalue weighted by Gasteiger charge is 2.07. The first-order valence-electron chi connectivity index (χ1n) is 8.90. The van der Waals surface area contributed by atoms with Crippen LogP contribution in [0.2, 0.25) is 0 Å². The van der Waals surface area contributed by atoms with Crippen LogP contribution in [0.4, 0.5) is 16.5 Å². The molecule has 2 N–H and O–H groups in total. The van der Waals surface area contributed by atoms with Crippen LogP contribution in [-0.4, -0.2) is 23.0 Å². The number of carbonyl (C=O) groups excluding carboxylic acids is 1. The summed E-state index contributed by atoms with van der Waals surface area (Å²) in [4.78, 5) is 21.0. The minimum absolute atomic E-state index is 0.171. The van der Waals surface area contributed by atoms with E-state index in [1.165, 1.54) is 11.3 Å². The molecule has 0 spiro atoms. The van der Waals surface area contributed by atoms with E-state index in [-0.39, 0.29) is 5.91 Å². The average molecular weight is 402 g/mol. The molecule has 4 rings (SSSR count). The number of anilines is 3. The molecule has 0 fully saturated rings. The van der Waals surface area contributed by atoms with Crippen molar-refractivity contribution in [1.82, 2.24) is 9.97 Å². The van der Waals surface area contributed by atoms with Gasteiger partial charge in [0.2, 0.25) is 0 Å². The molecular weight excluding hydrogens is 384 g/mol. The molecule has 6 nitrogen and oxygen atoms in total. The highest BCUT2D eigenvalue weighted by Crippen LogP contribution is 2.27. The van der Waals surface area contributed by atoms with Gasteiger partial charge in [0.1, 0.15) is 5.75 Å². The van der Waals surface area contributed by atoms with Gasteiger partial charge in [-0.2, -0.15) is 0 Å². The summed E-state index contributed by atoms with van der Waals surface area (Å²) in [5.41, 5.74) is 4.11. The summed E-state index contributed by atoms with van der Waals surface area (Å²) in [5.74, 6) is 0.543. The number of hydrogen-bond acceptors (Lipinski definition) is 6. The normalized spacial score (nSPS) is 10.4. The van der Waals surface area contributed by atoms with Crippen LogP contribution in [0, 0.1) is 0 Å². The molecule has 29 heavy (non-hydrogen) atoms. The van der Waals surface area contributed by atoms with Crippen molar-refractivity contribution in [1.29, 1.82) is 0 Å². The van der Waals surface area contributed by atoms with E-state index < -0.39 is 0 Å². The van der Waals surface area contributed by atoms with Crippen LogP contribution in [0.1, 0.15) is 10.4 Å². The number of hydrogen-bond donors (Lipinski definition) is 2. The molecule has 0 aliphatic carbocycles. The van der Waals surface area contributed by atoms with Crippen LogP contribution in [-0.2, 0) is 0 Å². The van der Waals surface area contributed by atoms with Crippen LogP contribution in [0.25, 0.3) is 11.3 Å². The Labute approximate surface area is 172 Å². The Morgan fingerprint density at radius 1 is 0.931 bits per heavy atom. The quantitative estimate of drug-likeness (QED) is 0.463. The third kappa shape index (κ3) is 4.59. The fourth-order valence-electron chi connectivity index (χ4n) is 2.69. The number of ether oxygens (including phenoxy) is 1. The number of nitrogens with one attached hydrogen (secondary N) is 2. The van der Waals surface area contributed by atoms with Crippen molar-refractivity contribution in [2.75, 3.05) is 17.7 Å². The van der Waals surface area contributed by atoms with Gasteiger partial charge in [0.05, 0.1) is 12.8 Å². The predicted molar refractivity (Wildman–Crippen MR) is 116 cm³/mol. The minimum atomic E-state index is -0.171. The largest absolute Gasteiger partial charge is 0.497 e. The van der Waals surface area contributed by atoms with E-state index in [1.807, 2.05) is 41.8 Å². The second-order valence-electron chi connectivity index (χ2n) is 6.16. The first-order valence-corrected chi connectivity index (χ1v) is 9.78. The Morgan fingerprint density at radius 2 is 1.62 bits per heavy atom. The maximum atomic E-state index is 12.3. The van der Waals surface area contributed by atoms with Gasteiger partial charge in [-0.3, -0.25) is 9.78 Å². The van der Waals surface area contributed by atoms with Crippen molar-refractivity contribution >= 4 is 33.8 Å². The van der Waals surface area contributed by atoms with Crippen molar-refractivity contribution in [2.24, 2.45) is 0 Å². The molecule has 2 aromatic carbocycles. The van der Waals surface area contributed by atoms with Crippen molar-refractivity contribution in [3.05, 3.63) is 84.0 Å². The molecule has 144 valence electrons. The average Bonchev–Trinajstić information content (AvgIpc) is 3.24. The Balaban J connectivity index is 1.39. The zero-order chi connectivity index (χ0) is 20.1. The number of nitrogens with zero attached hydrogens (tertiary/aromatic N) is 2. The highest BCUT2D eigenvalue weighted by molar-refractivity contribution is 7.14. The van der Waals surface area contributed by atoms with E-state index in [1.54, 1.807) is 43.8 Å². The van der Waals surface area contributed by atoms with Gasteiger partial charge >= 0.3 is 0 Å². The summed E-state index contributed by atoms with van der Waals surface area (Å²) in [7, 11) is 1.59. The number of carbonyl (C=O) groups is 1. The molecule has 7 heteroatoms. The van der Waals surface area contributed by atoms with Crippen LogP contribution in [0.15, 0.2) is 78.4 Å². The number of thiazole rings is 1. The summed E-state index contributed by atoms with van der Waals surface area (Å²) in [6, 6.07) is 18.3. The number of amides is 1. The first kappa shape index (κ1) is 18.6. The third-order valence-electron chi connectivity index (χ3n) is 4.23. The van der Waals surface area contributed by atoms with E-state index >= 15 is 0 Å². The molecule has 0 bridgehead atoms. The lowest BCUT2D eigenvalue weighted by molar-refractivity contribution is 0.102. The maximum absolute atomic E-state index is 12.3. The Hall–Kier alpha value is -3.71. The van der Waals surface area contributed by atoms with E-state index in [2.05, 4.69) is 20.6 Å². The Bertz CT molecular complexity index is 1090. The van der Waals surface area contributed by atoms with Gasteiger partial charge in [0.15, 0.2) is 5.13 Å². The maximum Gasteiger partial charge on any atom is 0.255 e. The SMILES string of the molecule is COc1ccc(C(=O)Nc2ccc(Nc3nc(-c4ccncc4)cs3)cc2)cc1. The van der Waals surface area contributed by atoms with Crippen LogP contribution in [0.5, 0.6) is 5.75 Å². The zero-order valence-corrected chi connectivity index (χ0v) is 16.4. The van der Waals surface area contributed by atoms with Crippen LogP contribution >= 0.6 is 11.3 Å². The summed E-state index contributed by atoms with van der Waals surface area (Å²) < 4.78 is 5.11. The van der Waals surface area contributed by atoms with E-state index in [0.717, 1.165) is 22.1 Å². The molecule has 0 saturated carbocycles. The van der Waals surface area contributed by atoms with E-state index in [4.69, 9.17) is 4.74 Å². The number of rotatable bonds is 6. The molecule has 0 unspecified atom stereocenters. The van der Waals surface area contributed by atoms with Gasteiger partial charge in [0, 0.05) is 40.3 Å². The monoisotopic (exact) mass is 402 g/mol. The molecule has 0 aliphatic heterocycles. The molecule has 2 aromatic heterocycles. The van der Waals surface area contributed by atoms with Gasteiger partial charge < -0.3 is 15.4 Å². The van der Waals surface area contributed by atoms with E-state index in [0.29, 0.717) is 17.0 Å². The second kappa shape index (κ2) is 8.53. The smallest absolute Gasteiger partial charge is 0.255 e. The number of pyridine rings is 1. The van der Waals surface area contributed by atoms with Crippen molar-refractivity contribution in [2.45, 2.75) is 0 Å². The Morgan fingerprint density at radius 3 is 2.31 bits per heavy atom. The highest BCUT2D eigenvalue weighted by atomic mass is 32.1. The van der Waals surface area contributed by atoms with E-state index in [9.17, 15) is 4.79 Å². The lowest BCUT2D eigenvalue weighted by Gasteiger charge is -2.08. The fourth-order valence-corrected chi connectivity index (χ4v) is 3.43. The topological polar surface area (TPSA) is 76.1 Å². The molecular formula is C22H18N4O2S. The third-order valence-corrected chi connectivity index (χ3v) is 4.98. The predicted octanol–water partition coefficient (Wildman–Crippen LogP) is 5.21. The summed E-state index contributed by atoms with van der Waals surface area (Å²) in [5, 5.41) is 8.97. The molecule has 0 radical (unpaired) electrons. The summed E-state index contributed by atoms with van der Waals surface area (Å²) >= 11 is 1.53. The lowest BCUT2D eigenvalue weighted by atomic mass is 10.2. The van der Waals surface area contributed by atoms with Crippen molar-refractivity contribution < 1.29 is 9.53 Å². The zero-order valence-electron chi connectivity index (χ0n) is 15.6. The summed E-state index contributed by atoms with van der Waals surface area (Å²) in [6.07, 6.45) is 3.50. The van der Waals surface area contributed by atoms with Gasteiger partial charge in [-0.1, -0.05) is 0 Å². The molecule has 1 amide bonds. The van der Waals surface area contributed by atoms with Gasteiger partial charge in [0.25, 0.3) is 5.91 Å². The number of aromatic nitrogens is 2. The molecule has 0 atom stereocenters. The number of methoxy groups -OCH3 is 1.